The van der Waals surface area contributed by atoms with Crippen molar-refractivity contribution >= 4 is 15.9 Å². The topological polar surface area (TPSA) is 33.7 Å². The minimum absolute atomic E-state index is 0.266. The minimum Gasteiger partial charge on any atom is -0.493 e. The highest BCUT2D eigenvalue weighted by atomic mass is 79.9. The van der Waals surface area contributed by atoms with Gasteiger partial charge in [-0.15, -0.1) is 0 Å². The van der Waals surface area contributed by atoms with E-state index >= 15 is 0 Å². The molecule has 0 aromatic heterocycles. The van der Waals surface area contributed by atoms with E-state index in [1.54, 1.807) is 13.2 Å². The lowest BCUT2D eigenvalue weighted by atomic mass is 10.1. The van der Waals surface area contributed by atoms with Crippen molar-refractivity contribution in [1.82, 2.24) is 10.2 Å². The van der Waals surface area contributed by atoms with Gasteiger partial charge in [-0.3, -0.25) is 0 Å². The average molecular weight is 347 g/mol. The second-order valence-corrected chi connectivity index (χ2v) is 5.53. The van der Waals surface area contributed by atoms with Gasteiger partial charge in [-0.2, -0.15) is 0 Å². The maximum absolute atomic E-state index is 14.3. The molecule has 2 rings (SSSR count). The summed E-state index contributed by atoms with van der Waals surface area (Å²) in [5, 5.41) is 3.31. The Morgan fingerprint density at radius 1 is 1.30 bits per heavy atom. The number of hydrogen-bond acceptors (Lipinski definition) is 4. The Hall–Kier alpha value is -0.850. The van der Waals surface area contributed by atoms with Crippen LogP contribution in [0.1, 0.15) is 5.56 Å². The van der Waals surface area contributed by atoms with E-state index in [2.05, 4.69) is 26.1 Å². The number of rotatable bonds is 5. The summed E-state index contributed by atoms with van der Waals surface area (Å²) < 4.78 is 25.1. The van der Waals surface area contributed by atoms with Crippen molar-refractivity contribution < 1.29 is 13.9 Å². The maximum Gasteiger partial charge on any atom is 0.177 e. The first-order valence-corrected chi connectivity index (χ1v) is 7.48. The Labute approximate surface area is 127 Å². The van der Waals surface area contributed by atoms with Crippen molar-refractivity contribution in [3.05, 3.63) is 21.9 Å². The van der Waals surface area contributed by atoms with Gasteiger partial charge in [0, 0.05) is 32.7 Å². The molecule has 0 unspecified atom stereocenters. The number of methoxy groups -OCH3 is 2. The van der Waals surface area contributed by atoms with Crippen molar-refractivity contribution in [3.63, 3.8) is 0 Å². The summed E-state index contributed by atoms with van der Waals surface area (Å²) in [5.41, 5.74) is 0.646. The summed E-state index contributed by atoms with van der Waals surface area (Å²) in [6.07, 6.45) is 0.658. The second kappa shape index (κ2) is 7.24. The Balaban J connectivity index is 2.12. The zero-order chi connectivity index (χ0) is 14.5. The second-order valence-electron chi connectivity index (χ2n) is 4.74. The lowest BCUT2D eigenvalue weighted by Crippen LogP contribution is -2.44. The van der Waals surface area contributed by atoms with E-state index < -0.39 is 0 Å². The van der Waals surface area contributed by atoms with E-state index in [0.29, 0.717) is 28.0 Å². The molecule has 1 fully saturated rings. The third kappa shape index (κ3) is 3.42. The quantitative estimate of drug-likeness (QED) is 0.884. The number of piperazine rings is 1. The van der Waals surface area contributed by atoms with Crippen LogP contribution in [0.2, 0.25) is 0 Å². The van der Waals surface area contributed by atoms with Crippen LogP contribution in [0.3, 0.4) is 0 Å². The van der Waals surface area contributed by atoms with Crippen LogP contribution >= 0.6 is 15.9 Å². The number of hydrogen-bond donors (Lipinski definition) is 1. The van der Waals surface area contributed by atoms with Gasteiger partial charge in [0.25, 0.3) is 0 Å². The zero-order valence-electron chi connectivity index (χ0n) is 11.8. The SMILES string of the molecule is COc1cc(CCN2CCNCC2)c(F)c(Br)c1OC. The molecule has 0 aliphatic carbocycles. The highest BCUT2D eigenvalue weighted by Crippen LogP contribution is 2.39. The minimum atomic E-state index is -0.266. The average Bonchev–Trinajstić information content (AvgIpc) is 2.49. The van der Waals surface area contributed by atoms with Gasteiger partial charge in [-0.1, -0.05) is 0 Å². The fourth-order valence-electron chi connectivity index (χ4n) is 2.37. The number of nitrogens with zero attached hydrogens (tertiary/aromatic N) is 1. The maximum atomic E-state index is 14.3. The lowest BCUT2D eigenvalue weighted by molar-refractivity contribution is 0.243. The molecule has 20 heavy (non-hydrogen) atoms. The molecule has 0 amide bonds. The van der Waals surface area contributed by atoms with Crippen LogP contribution in [0.5, 0.6) is 11.5 Å². The molecule has 1 heterocycles. The molecule has 112 valence electrons. The van der Waals surface area contributed by atoms with Gasteiger partial charge in [0.05, 0.1) is 18.7 Å². The van der Waals surface area contributed by atoms with E-state index in [0.717, 1.165) is 32.7 Å². The van der Waals surface area contributed by atoms with E-state index in [-0.39, 0.29) is 5.82 Å². The number of ether oxygens (including phenoxy) is 2. The van der Waals surface area contributed by atoms with Crippen LogP contribution in [0.25, 0.3) is 0 Å². The fourth-order valence-corrected chi connectivity index (χ4v) is 2.98. The Bertz CT molecular complexity index is 465. The summed E-state index contributed by atoms with van der Waals surface area (Å²) in [5.74, 6) is 0.685. The van der Waals surface area contributed by atoms with Crippen LogP contribution in [0.15, 0.2) is 10.5 Å². The summed E-state index contributed by atoms with van der Waals surface area (Å²) in [7, 11) is 3.06. The summed E-state index contributed by atoms with van der Waals surface area (Å²) in [6, 6.07) is 1.72. The van der Waals surface area contributed by atoms with Crippen molar-refractivity contribution in [2.45, 2.75) is 6.42 Å². The van der Waals surface area contributed by atoms with Crippen molar-refractivity contribution in [2.24, 2.45) is 0 Å². The largest absolute Gasteiger partial charge is 0.493 e. The van der Waals surface area contributed by atoms with Gasteiger partial charge in [-0.25, -0.2) is 4.39 Å². The van der Waals surface area contributed by atoms with Crippen LogP contribution in [-0.2, 0) is 6.42 Å². The molecule has 6 heteroatoms. The molecule has 0 radical (unpaired) electrons. The molecule has 1 aliphatic rings. The number of halogens is 2. The first kappa shape index (κ1) is 15.5. The van der Waals surface area contributed by atoms with Gasteiger partial charge in [0.15, 0.2) is 11.5 Å². The lowest BCUT2D eigenvalue weighted by Gasteiger charge is -2.27. The van der Waals surface area contributed by atoms with Gasteiger partial charge in [0.1, 0.15) is 5.82 Å². The summed E-state index contributed by atoms with van der Waals surface area (Å²) in [6.45, 7) is 4.86. The standard InChI is InChI=1S/C14H20BrFN2O2/c1-19-11-9-10(13(16)12(15)14(11)20-2)3-6-18-7-4-17-5-8-18/h9,17H,3-8H2,1-2H3. The number of benzene rings is 1. The molecule has 1 aromatic rings. The van der Waals surface area contributed by atoms with Crippen molar-refractivity contribution in [1.29, 1.82) is 0 Å². The van der Waals surface area contributed by atoms with Crippen molar-refractivity contribution in [3.8, 4) is 11.5 Å². The summed E-state index contributed by atoms with van der Waals surface area (Å²) in [4.78, 5) is 2.33. The van der Waals surface area contributed by atoms with E-state index in [4.69, 9.17) is 9.47 Å². The molecule has 4 nitrogen and oxygen atoms in total. The van der Waals surface area contributed by atoms with Gasteiger partial charge in [-0.05, 0) is 34.0 Å². The molecule has 1 aliphatic heterocycles. The molecule has 0 bridgehead atoms. The highest BCUT2D eigenvalue weighted by Gasteiger charge is 2.18. The normalized spacial score (nSPS) is 16.2. The number of nitrogens with one attached hydrogen (secondary N) is 1. The predicted molar refractivity (Wildman–Crippen MR) is 80.2 cm³/mol. The fraction of sp³-hybridized carbons (Fsp3) is 0.571. The molecule has 1 aromatic carbocycles. The van der Waals surface area contributed by atoms with Crippen LogP contribution in [-0.4, -0.2) is 51.8 Å². The van der Waals surface area contributed by atoms with Crippen LogP contribution in [0, 0.1) is 5.82 Å². The first-order valence-electron chi connectivity index (χ1n) is 6.69. The molecule has 1 saturated heterocycles. The van der Waals surface area contributed by atoms with E-state index in [9.17, 15) is 4.39 Å². The van der Waals surface area contributed by atoms with Gasteiger partial charge >= 0.3 is 0 Å². The molecule has 0 atom stereocenters. The molecule has 0 spiro atoms. The monoisotopic (exact) mass is 346 g/mol. The predicted octanol–water partition coefficient (Wildman–Crippen LogP) is 2.05. The Kier molecular flexibility index (Phi) is 5.63. The van der Waals surface area contributed by atoms with E-state index in [1.165, 1.54) is 7.11 Å². The van der Waals surface area contributed by atoms with Crippen LogP contribution in [0.4, 0.5) is 4.39 Å². The third-order valence-electron chi connectivity index (χ3n) is 3.53. The van der Waals surface area contributed by atoms with Gasteiger partial charge in [0.2, 0.25) is 0 Å². The van der Waals surface area contributed by atoms with Gasteiger partial charge < -0.3 is 19.7 Å². The zero-order valence-corrected chi connectivity index (χ0v) is 13.4. The highest BCUT2D eigenvalue weighted by molar-refractivity contribution is 9.10. The summed E-state index contributed by atoms with van der Waals surface area (Å²) >= 11 is 3.25. The molecular formula is C14H20BrFN2O2. The first-order chi connectivity index (χ1) is 9.67. The van der Waals surface area contributed by atoms with Crippen LogP contribution < -0.4 is 14.8 Å². The third-order valence-corrected chi connectivity index (χ3v) is 4.24. The van der Waals surface area contributed by atoms with E-state index in [1.807, 2.05) is 0 Å². The molecule has 1 N–H and O–H groups in total. The van der Waals surface area contributed by atoms with Crippen molar-refractivity contribution in [2.75, 3.05) is 46.9 Å². The smallest absolute Gasteiger partial charge is 0.177 e. The molecular weight excluding hydrogens is 327 g/mol. The Morgan fingerprint density at radius 3 is 2.60 bits per heavy atom. The molecule has 0 saturated carbocycles. The Morgan fingerprint density at radius 2 is 2.00 bits per heavy atom.